The minimum absolute atomic E-state index is 0. The molecule has 0 aliphatic carbocycles. The molecule has 1 atom stereocenters. The summed E-state index contributed by atoms with van der Waals surface area (Å²) in [6.07, 6.45) is 3.96. The summed E-state index contributed by atoms with van der Waals surface area (Å²) in [5.41, 5.74) is 1.12. The van der Waals surface area contributed by atoms with Crippen LogP contribution in [0, 0.1) is 13.8 Å². The van der Waals surface area contributed by atoms with Gasteiger partial charge >= 0.3 is 0 Å². The zero-order chi connectivity index (χ0) is 15.9. The molecular formula is C16H30IN5S. The molecule has 0 saturated carbocycles. The number of likely N-dealkylation sites (tertiary alicyclic amines) is 1. The second-order valence-corrected chi connectivity index (χ2v) is 7.11. The Labute approximate surface area is 161 Å². The third kappa shape index (κ3) is 6.19. The predicted molar refractivity (Wildman–Crippen MR) is 110 cm³/mol. The number of piperidine rings is 1. The van der Waals surface area contributed by atoms with Gasteiger partial charge in [-0.1, -0.05) is 13.3 Å². The molecule has 0 spiro atoms. The number of likely N-dealkylation sites (N-methyl/N-ethyl adjacent to an activating group) is 1. The number of nitrogens with zero attached hydrogens (tertiary/aromatic N) is 3. The Hall–Kier alpha value is -0.410. The molecule has 2 N–H and O–H groups in total. The van der Waals surface area contributed by atoms with E-state index in [1.807, 2.05) is 7.05 Å². The molecule has 1 fully saturated rings. The van der Waals surface area contributed by atoms with Crippen LogP contribution < -0.4 is 10.6 Å². The average molecular weight is 451 g/mol. The van der Waals surface area contributed by atoms with Crippen molar-refractivity contribution >= 4 is 41.3 Å². The van der Waals surface area contributed by atoms with E-state index in [4.69, 9.17) is 0 Å². The van der Waals surface area contributed by atoms with Gasteiger partial charge in [0.05, 0.1) is 17.2 Å². The van der Waals surface area contributed by atoms with Crippen molar-refractivity contribution in [3.05, 3.63) is 15.6 Å². The fraction of sp³-hybridized carbons (Fsp3) is 0.750. The fourth-order valence-electron chi connectivity index (χ4n) is 3.04. The number of hydrogen-bond donors (Lipinski definition) is 2. The third-order valence-corrected chi connectivity index (χ3v) is 5.37. The van der Waals surface area contributed by atoms with E-state index in [-0.39, 0.29) is 24.0 Å². The van der Waals surface area contributed by atoms with Gasteiger partial charge in [0.2, 0.25) is 0 Å². The maximum atomic E-state index is 4.47. The van der Waals surface area contributed by atoms with Crippen LogP contribution >= 0.6 is 35.3 Å². The van der Waals surface area contributed by atoms with E-state index in [0.29, 0.717) is 6.04 Å². The standard InChI is InChI=1S/C16H29N5S.HI/c1-5-21-9-7-6-8-14(21)10-18-16(17-4)19-11-15-12(2)20-13(3)22-15;/h14H,5-11H2,1-4H3,(H2,17,18,19);1H. The summed E-state index contributed by atoms with van der Waals surface area (Å²) >= 11 is 1.75. The maximum absolute atomic E-state index is 4.47. The molecule has 23 heavy (non-hydrogen) atoms. The molecule has 2 heterocycles. The minimum Gasteiger partial charge on any atom is -0.355 e. The molecule has 5 nitrogen and oxygen atoms in total. The van der Waals surface area contributed by atoms with E-state index in [1.165, 1.54) is 30.7 Å². The molecule has 1 aliphatic rings. The van der Waals surface area contributed by atoms with Crippen molar-refractivity contribution in [2.45, 2.75) is 52.6 Å². The number of aromatic nitrogens is 1. The highest BCUT2D eigenvalue weighted by Crippen LogP contribution is 2.17. The fourth-order valence-corrected chi connectivity index (χ4v) is 3.92. The SMILES string of the molecule is CCN1CCCCC1CNC(=NC)NCc1sc(C)nc1C.I. The lowest BCUT2D eigenvalue weighted by molar-refractivity contribution is 0.157. The quantitative estimate of drug-likeness (QED) is 0.411. The molecule has 132 valence electrons. The smallest absolute Gasteiger partial charge is 0.191 e. The number of rotatable bonds is 5. The van der Waals surface area contributed by atoms with Gasteiger partial charge in [0.15, 0.2) is 5.96 Å². The van der Waals surface area contributed by atoms with Crippen LogP contribution in [0.2, 0.25) is 0 Å². The first kappa shape index (κ1) is 20.6. The van der Waals surface area contributed by atoms with Crippen LogP contribution in [0.15, 0.2) is 4.99 Å². The topological polar surface area (TPSA) is 52.5 Å². The summed E-state index contributed by atoms with van der Waals surface area (Å²) in [4.78, 5) is 12.7. The number of hydrogen-bond acceptors (Lipinski definition) is 4. The number of nitrogens with one attached hydrogen (secondary N) is 2. The van der Waals surface area contributed by atoms with Gasteiger partial charge in [-0.3, -0.25) is 9.89 Å². The van der Waals surface area contributed by atoms with Gasteiger partial charge in [-0.15, -0.1) is 35.3 Å². The number of halogens is 1. The predicted octanol–water partition coefficient (Wildman–Crippen LogP) is 2.92. The number of aliphatic imine (C=N–C) groups is 1. The number of thiazole rings is 1. The van der Waals surface area contributed by atoms with Crippen LogP contribution in [-0.2, 0) is 6.54 Å². The number of aryl methyl sites for hydroxylation is 2. The summed E-state index contributed by atoms with van der Waals surface area (Å²) in [7, 11) is 1.83. The van der Waals surface area contributed by atoms with Gasteiger partial charge in [-0.05, 0) is 39.8 Å². The highest BCUT2D eigenvalue weighted by atomic mass is 127. The monoisotopic (exact) mass is 451 g/mol. The normalized spacial score (nSPS) is 19.3. The second kappa shape index (κ2) is 10.5. The summed E-state index contributed by atoms with van der Waals surface area (Å²) in [5, 5.41) is 8.01. The first-order valence-electron chi connectivity index (χ1n) is 8.25. The second-order valence-electron chi connectivity index (χ2n) is 5.83. The lowest BCUT2D eigenvalue weighted by atomic mass is 10.0. The number of guanidine groups is 1. The van der Waals surface area contributed by atoms with E-state index in [9.17, 15) is 0 Å². The highest BCUT2D eigenvalue weighted by molar-refractivity contribution is 14.0. The Kier molecular flexibility index (Phi) is 9.38. The summed E-state index contributed by atoms with van der Waals surface area (Å²) in [6, 6.07) is 0.629. The van der Waals surface area contributed by atoms with Crippen molar-refractivity contribution in [3.8, 4) is 0 Å². The Morgan fingerprint density at radius 2 is 2.13 bits per heavy atom. The molecule has 1 aromatic heterocycles. The molecular weight excluding hydrogens is 421 g/mol. The summed E-state index contributed by atoms with van der Waals surface area (Å²) in [5.74, 6) is 0.882. The van der Waals surface area contributed by atoms with E-state index in [0.717, 1.165) is 36.3 Å². The van der Waals surface area contributed by atoms with E-state index in [1.54, 1.807) is 11.3 Å². The van der Waals surface area contributed by atoms with Crippen molar-refractivity contribution in [1.82, 2.24) is 20.5 Å². The molecule has 1 saturated heterocycles. The van der Waals surface area contributed by atoms with E-state index >= 15 is 0 Å². The molecule has 1 aromatic rings. The zero-order valence-electron chi connectivity index (χ0n) is 14.7. The van der Waals surface area contributed by atoms with Crippen molar-refractivity contribution in [3.63, 3.8) is 0 Å². The molecule has 0 amide bonds. The van der Waals surface area contributed by atoms with Gasteiger partial charge in [0, 0.05) is 24.5 Å². The van der Waals surface area contributed by atoms with Gasteiger partial charge in [0.1, 0.15) is 0 Å². The summed E-state index contributed by atoms with van der Waals surface area (Å²) < 4.78 is 0. The molecule has 2 rings (SSSR count). The van der Waals surface area contributed by atoms with Crippen LogP contribution in [0.4, 0.5) is 0 Å². The minimum atomic E-state index is 0. The molecule has 0 aromatic carbocycles. The molecule has 0 bridgehead atoms. The van der Waals surface area contributed by atoms with Crippen molar-refractivity contribution in [2.75, 3.05) is 26.7 Å². The lowest BCUT2D eigenvalue weighted by Gasteiger charge is -2.35. The molecule has 7 heteroatoms. The van der Waals surface area contributed by atoms with E-state index < -0.39 is 0 Å². The third-order valence-electron chi connectivity index (χ3n) is 4.30. The maximum Gasteiger partial charge on any atom is 0.191 e. The first-order chi connectivity index (χ1) is 10.6. The Bertz CT molecular complexity index is 503. The van der Waals surface area contributed by atoms with Crippen LogP contribution in [0.25, 0.3) is 0 Å². The summed E-state index contributed by atoms with van der Waals surface area (Å²) in [6.45, 7) is 10.5. The average Bonchev–Trinajstić information content (AvgIpc) is 2.85. The zero-order valence-corrected chi connectivity index (χ0v) is 17.8. The molecule has 1 unspecified atom stereocenters. The van der Waals surface area contributed by atoms with Crippen molar-refractivity contribution in [2.24, 2.45) is 4.99 Å². The van der Waals surface area contributed by atoms with Crippen LogP contribution in [-0.4, -0.2) is 48.6 Å². The highest BCUT2D eigenvalue weighted by Gasteiger charge is 2.20. The molecule has 0 radical (unpaired) electrons. The van der Waals surface area contributed by atoms with Gasteiger partial charge < -0.3 is 10.6 Å². The first-order valence-corrected chi connectivity index (χ1v) is 9.07. The van der Waals surface area contributed by atoms with Gasteiger partial charge in [0.25, 0.3) is 0 Å². The van der Waals surface area contributed by atoms with Gasteiger partial charge in [-0.2, -0.15) is 0 Å². The van der Waals surface area contributed by atoms with Crippen LogP contribution in [0.5, 0.6) is 0 Å². The largest absolute Gasteiger partial charge is 0.355 e. The van der Waals surface area contributed by atoms with Crippen LogP contribution in [0.3, 0.4) is 0 Å². The Balaban J connectivity index is 0.00000264. The van der Waals surface area contributed by atoms with Crippen LogP contribution in [0.1, 0.15) is 41.8 Å². The lowest BCUT2D eigenvalue weighted by Crippen LogP contribution is -2.48. The van der Waals surface area contributed by atoms with Crippen molar-refractivity contribution in [1.29, 1.82) is 0 Å². The van der Waals surface area contributed by atoms with Crippen molar-refractivity contribution < 1.29 is 0 Å². The molecule has 1 aliphatic heterocycles. The van der Waals surface area contributed by atoms with E-state index in [2.05, 4.69) is 46.3 Å². The Morgan fingerprint density at radius 1 is 1.35 bits per heavy atom. The Morgan fingerprint density at radius 3 is 2.74 bits per heavy atom. The van der Waals surface area contributed by atoms with Gasteiger partial charge in [-0.25, -0.2) is 4.98 Å².